The maximum Gasteiger partial charge on any atom is 0.217 e. The Labute approximate surface area is 205 Å². The first kappa shape index (κ1) is 24.2. The van der Waals surface area contributed by atoms with Gasteiger partial charge in [-0.3, -0.25) is 19.4 Å². The lowest BCUT2D eigenvalue weighted by Crippen LogP contribution is -2.48. The first-order chi connectivity index (χ1) is 16.5. The van der Waals surface area contributed by atoms with E-state index < -0.39 is 0 Å². The Kier molecular flexibility index (Phi) is 8.15. The average molecular weight is 481 g/mol. The minimum Gasteiger partial charge on any atom is -0.352 e. The van der Waals surface area contributed by atoms with Gasteiger partial charge in [0, 0.05) is 83.9 Å². The van der Waals surface area contributed by atoms with Crippen LogP contribution in [-0.2, 0) is 18.4 Å². The molecule has 1 aliphatic rings. The molecule has 4 rings (SSSR count). The van der Waals surface area contributed by atoms with Gasteiger partial charge in [0.1, 0.15) is 5.69 Å². The van der Waals surface area contributed by atoms with E-state index in [4.69, 9.17) is 0 Å². The molecule has 1 aromatic carbocycles. The summed E-state index contributed by atoms with van der Waals surface area (Å²) in [6.45, 7) is 7.91. The highest BCUT2D eigenvalue weighted by Crippen LogP contribution is 2.27. The van der Waals surface area contributed by atoms with Crippen LogP contribution in [0, 0.1) is 0 Å². The summed E-state index contributed by atoms with van der Waals surface area (Å²) in [6, 6.07) is 8.16. The van der Waals surface area contributed by atoms with Gasteiger partial charge < -0.3 is 10.2 Å². The fraction of sp³-hybridized carbons (Fsp3) is 0.417. The third-order valence-electron chi connectivity index (χ3n) is 5.79. The van der Waals surface area contributed by atoms with Crippen molar-refractivity contribution in [2.45, 2.75) is 18.4 Å². The predicted octanol–water partition coefficient (Wildman–Crippen LogP) is 2.27. The van der Waals surface area contributed by atoms with E-state index in [0.717, 1.165) is 66.8 Å². The predicted molar refractivity (Wildman–Crippen MR) is 135 cm³/mol. The second-order valence-electron chi connectivity index (χ2n) is 8.46. The van der Waals surface area contributed by atoms with E-state index in [1.54, 1.807) is 24.3 Å². The van der Waals surface area contributed by atoms with Crippen LogP contribution < -0.4 is 10.2 Å². The van der Waals surface area contributed by atoms with Crippen LogP contribution in [0.1, 0.15) is 12.5 Å². The lowest BCUT2D eigenvalue weighted by molar-refractivity contribution is -0.119. The molecule has 0 bridgehead atoms. The zero-order chi connectivity index (χ0) is 23.9. The number of nitrogens with zero attached hydrogens (tertiary/aromatic N) is 7. The number of hydrogen-bond donors (Lipinski definition) is 1. The van der Waals surface area contributed by atoms with Gasteiger partial charge in [-0.1, -0.05) is 24.3 Å². The van der Waals surface area contributed by atoms with Crippen molar-refractivity contribution in [1.29, 1.82) is 0 Å². The molecule has 1 amide bonds. The van der Waals surface area contributed by atoms with Crippen LogP contribution >= 0.6 is 11.9 Å². The van der Waals surface area contributed by atoms with Crippen molar-refractivity contribution < 1.29 is 4.79 Å². The summed E-state index contributed by atoms with van der Waals surface area (Å²) < 4.78 is 4.09. The van der Waals surface area contributed by atoms with E-state index in [0.29, 0.717) is 6.54 Å². The van der Waals surface area contributed by atoms with Crippen LogP contribution in [-0.4, -0.2) is 81.2 Å². The molecule has 0 spiro atoms. The van der Waals surface area contributed by atoms with E-state index in [9.17, 15) is 4.79 Å². The fourth-order valence-corrected chi connectivity index (χ4v) is 4.74. The molecule has 1 saturated heterocycles. The number of benzene rings is 1. The maximum atomic E-state index is 11.2. The quantitative estimate of drug-likeness (QED) is 0.467. The molecule has 3 aromatic rings. The number of carbonyl (C=O) groups excluding carboxylic acids is 1. The fourth-order valence-electron chi connectivity index (χ4n) is 3.91. The highest BCUT2D eigenvalue weighted by atomic mass is 32.2. The highest BCUT2D eigenvalue weighted by molar-refractivity contribution is 7.97. The molecule has 10 heteroatoms. The Morgan fingerprint density at radius 2 is 1.85 bits per heavy atom. The van der Waals surface area contributed by atoms with Crippen molar-refractivity contribution in [3.05, 3.63) is 54.6 Å². The molecule has 9 nitrogen and oxygen atoms in total. The summed E-state index contributed by atoms with van der Waals surface area (Å²) in [7, 11) is 4.07. The lowest BCUT2D eigenvalue weighted by atomic mass is 10.1. The van der Waals surface area contributed by atoms with Crippen molar-refractivity contribution in [2.24, 2.45) is 7.05 Å². The number of aryl methyl sites for hydroxylation is 1. The van der Waals surface area contributed by atoms with E-state index in [1.165, 1.54) is 6.92 Å². The van der Waals surface area contributed by atoms with Crippen LogP contribution in [0.2, 0.25) is 0 Å². The summed E-state index contributed by atoms with van der Waals surface area (Å²) in [5, 5.41) is 7.06. The van der Waals surface area contributed by atoms with Crippen LogP contribution in [0.3, 0.4) is 0 Å². The topological polar surface area (TPSA) is 82.4 Å². The molecule has 180 valence electrons. The number of aromatic nitrogens is 4. The van der Waals surface area contributed by atoms with Gasteiger partial charge in [0.15, 0.2) is 5.82 Å². The smallest absolute Gasteiger partial charge is 0.217 e. The minimum atomic E-state index is -0.0293. The number of likely N-dealkylation sites (N-methyl/N-ethyl adjacent to an activating group) is 1. The Bertz CT molecular complexity index is 1080. The van der Waals surface area contributed by atoms with Crippen LogP contribution in [0.5, 0.6) is 0 Å². The summed E-state index contributed by atoms with van der Waals surface area (Å²) in [5.41, 5.74) is 2.99. The molecule has 1 N–H and O–H groups in total. The Morgan fingerprint density at radius 3 is 2.53 bits per heavy atom. The van der Waals surface area contributed by atoms with Crippen molar-refractivity contribution in [3.63, 3.8) is 0 Å². The normalized spacial score (nSPS) is 14.5. The molecular formula is C24H32N8OS. The number of rotatable bonds is 9. The zero-order valence-electron chi connectivity index (χ0n) is 20.0. The molecule has 0 unspecified atom stereocenters. The molecular weight excluding hydrogens is 448 g/mol. The number of anilines is 1. The average Bonchev–Trinajstić information content (AvgIpc) is 3.26. The number of piperazine rings is 1. The molecule has 34 heavy (non-hydrogen) atoms. The van der Waals surface area contributed by atoms with E-state index in [1.807, 2.05) is 36.3 Å². The van der Waals surface area contributed by atoms with Crippen molar-refractivity contribution in [2.75, 3.05) is 51.2 Å². The van der Waals surface area contributed by atoms with Gasteiger partial charge in [0.2, 0.25) is 5.91 Å². The van der Waals surface area contributed by atoms with Crippen molar-refractivity contribution in [3.8, 4) is 11.3 Å². The molecule has 2 aromatic heterocycles. The third-order valence-corrected chi connectivity index (χ3v) is 6.71. The van der Waals surface area contributed by atoms with Crippen molar-refractivity contribution in [1.82, 2.24) is 34.3 Å². The molecule has 0 radical (unpaired) electrons. The Morgan fingerprint density at radius 1 is 1.12 bits per heavy atom. The number of carbonyl (C=O) groups is 1. The zero-order valence-corrected chi connectivity index (χ0v) is 20.8. The van der Waals surface area contributed by atoms with Gasteiger partial charge in [0.25, 0.3) is 0 Å². The van der Waals surface area contributed by atoms with Crippen LogP contribution in [0.15, 0.2) is 53.9 Å². The Balaban J connectivity index is 1.31. The van der Waals surface area contributed by atoms with Gasteiger partial charge in [-0.15, -0.1) is 0 Å². The monoisotopic (exact) mass is 480 g/mol. The number of amides is 1. The Hall–Kier alpha value is -2.95. The molecule has 1 aliphatic heterocycles. The summed E-state index contributed by atoms with van der Waals surface area (Å²) in [6.07, 6.45) is 7.45. The first-order valence-electron chi connectivity index (χ1n) is 11.5. The summed E-state index contributed by atoms with van der Waals surface area (Å²) in [5.74, 6) is 0.902. The second kappa shape index (κ2) is 11.5. The lowest BCUT2D eigenvalue weighted by Gasteiger charge is -2.36. The van der Waals surface area contributed by atoms with Gasteiger partial charge in [0.05, 0.1) is 11.1 Å². The molecule has 0 aliphatic carbocycles. The van der Waals surface area contributed by atoms with E-state index in [2.05, 4.69) is 53.7 Å². The van der Waals surface area contributed by atoms with Crippen molar-refractivity contribution >= 4 is 23.7 Å². The van der Waals surface area contributed by atoms with Gasteiger partial charge in [-0.25, -0.2) is 9.29 Å². The van der Waals surface area contributed by atoms with E-state index in [-0.39, 0.29) is 5.91 Å². The third kappa shape index (κ3) is 6.55. The number of hydrogen-bond acceptors (Lipinski definition) is 8. The van der Waals surface area contributed by atoms with Gasteiger partial charge in [-0.2, -0.15) is 5.10 Å². The molecule has 3 heterocycles. The standard InChI is InChI=1S/C24H32N8OS/c1-19(33)27-16-20-4-6-21(7-5-20)23-24(26-9-8-25-23)32-14-12-31(13-15-32)11-10-30(3)34-22-17-28-29(2)18-22/h4-9,17-18H,10-16H2,1-3H3,(H,27,33). The maximum absolute atomic E-state index is 11.2. The second-order valence-corrected chi connectivity index (χ2v) is 9.73. The largest absolute Gasteiger partial charge is 0.352 e. The minimum absolute atomic E-state index is 0.0293. The summed E-state index contributed by atoms with van der Waals surface area (Å²) in [4.78, 5) is 26.5. The molecule has 1 fully saturated rings. The van der Waals surface area contributed by atoms with Crippen LogP contribution in [0.25, 0.3) is 11.3 Å². The van der Waals surface area contributed by atoms with E-state index >= 15 is 0 Å². The van der Waals surface area contributed by atoms with Crippen LogP contribution in [0.4, 0.5) is 5.82 Å². The molecule has 0 saturated carbocycles. The number of nitrogens with one attached hydrogen (secondary N) is 1. The highest BCUT2D eigenvalue weighted by Gasteiger charge is 2.21. The first-order valence-corrected chi connectivity index (χ1v) is 12.2. The van der Waals surface area contributed by atoms with Gasteiger partial charge >= 0.3 is 0 Å². The summed E-state index contributed by atoms with van der Waals surface area (Å²) >= 11 is 1.73. The molecule has 0 atom stereocenters. The SMILES string of the molecule is CC(=O)NCc1ccc(-c2nccnc2N2CCN(CCN(C)Sc3cnn(C)c3)CC2)cc1. The van der Waals surface area contributed by atoms with Gasteiger partial charge in [-0.05, 0) is 24.6 Å².